The van der Waals surface area contributed by atoms with Gasteiger partial charge in [0.25, 0.3) is 0 Å². The number of carbonyl (C=O) groups excluding carboxylic acids is 1. The van der Waals surface area contributed by atoms with E-state index in [9.17, 15) is 4.79 Å². The van der Waals surface area contributed by atoms with E-state index < -0.39 is 0 Å². The molecule has 6 heteroatoms. The van der Waals surface area contributed by atoms with Gasteiger partial charge in [0.15, 0.2) is 0 Å². The summed E-state index contributed by atoms with van der Waals surface area (Å²) in [5, 5.41) is 16.7. The molecule has 2 atom stereocenters. The number of nitrogens with one attached hydrogen (secondary N) is 2. The van der Waals surface area contributed by atoms with E-state index in [0.29, 0.717) is 6.42 Å². The summed E-state index contributed by atoms with van der Waals surface area (Å²) in [4.78, 5) is 11.1. The highest BCUT2D eigenvalue weighted by atomic mass is 16.4. The molecule has 14 heavy (non-hydrogen) atoms. The molecule has 2 unspecified atom stereocenters. The van der Waals surface area contributed by atoms with Gasteiger partial charge in [-0.15, -0.1) is 0 Å². The second kappa shape index (κ2) is 6.20. The molecule has 0 aliphatic heterocycles. The minimum Gasteiger partial charge on any atom is -0.409 e. The van der Waals surface area contributed by atoms with Crippen LogP contribution in [0, 0.1) is 0 Å². The first kappa shape index (κ1) is 12.7. The van der Waals surface area contributed by atoms with Crippen LogP contribution in [0.4, 0.5) is 0 Å². The summed E-state index contributed by atoms with van der Waals surface area (Å²) in [5.41, 5.74) is 5.32. The zero-order chi connectivity index (χ0) is 11.1. The molecular formula is C8H18N4O2. The molecule has 0 fully saturated rings. The average Bonchev–Trinajstić information content (AvgIpc) is 2.15. The fraction of sp³-hybridized carbons (Fsp3) is 0.750. The van der Waals surface area contributed by atoms with E-state index in [1.807, 2.05) is 6.92 Å². The van der Waals surface area contributed by atoms with Gasteiger partial charge in [-0.05, 0) is 13.8 Å². The highest BCUT2D eigenvalue weighted by Crippen LogP contribution is 1.93. The lowest BCUT2D eigenvalue weighted by molar-refractivity contribution is -0.122. The number of rotatable bonds is 5. The van der Waals surface area contributed by atoms with Gasteiger partial charge in [-0.2, -0.15) is 0 Å². The highest BCUT2D eigenvalue weighted by Gasteiger charge is 2.14. The van der Waals surface area contributed by atoms with Crippen LogP contribution in [0.15, 0.2) is 5.16 Å². The fourth-order valence-corrected chi connectivity index (χ4v) is 1.13. The van der Waals surface area contributed by atoms with E-state index in [2.05, 4.69) is 15.8 Å². The van der Waals surface area contributed by atoms with Gasteiger partial charge in [-0.3, -0.25) is 4.79 Å². The minimum absolute atomic E-state index is 0.0156. The predicted octanol–water partition coefficient (Wildman–Crippen LogP) is -0.764. The number of oxime groups is 1. The Morgan fingerprint density at radius 2 is 2.14 bits per heavy atom. The Kier molecular flexibility index (Phi) is 5.62. The molecule has 0 bridgehead atoms. The molecule has 0 radical (unpaired) electrons. The molecule has 0 aromatic carbocycles. The van der Waals surface area contributed by atoms with Crippen molar-refractivity contribution < 1.29 is 10.0 Å². The Hall–Kier alpha value is -1.30. The minimum atomic E-state index is -0.290. The standard InChI is InChI=1S/C8H18N4O2/c1-5(4-7(9)12-14)11-6(2)8(13)10-3/h5-6,11,14H,4H2,1-3H3,(H2,9,12)(H,10,13). The van der Waals surface area contributed by atoms with Crippen molar-refractivity contribution >= 4 is 11.7 Å². The maximum atomic E-state index is 11.1. The third kappa shape index (κ3) is 4.66. The molecule has 82 valence electrons. The summed E-state index contributed by atoms with van der Waals surface area (Å²) in [6.07, 6.45) is 0.401. The first-order chi connectivity index (χ1) is 6.51. The van der Waals surface area contributed by atoms with Crippen LogP contribution in [0.1, 0.15) is 20.3 Å². The van der Waals surface area contributed by atoms with Gasteiger partial charge in [-0.25, -0.2) is 0 Å². The topological polar surface area (TPSA) is 99.7 Å². The van der Waals surface area contributed by atoms with Crippen LogP contribution in [0.2, 0.25) is 0 Å². The number of amides is 1. The lowest BCUT2D eigenvalue weighted by Crippen LogP contribution is -2.45. The van der Waals surface area contributed by atoms with E-state index in [0.717, 1.165) is 0 Å². The molecule has 1 amide bonds. The maximum Gasteiger partial charge on any atom is 0.236 e. The van der Waals surface area contributed by atoms with Crippen LogP contribution in [0.3, 0.4) is 0 Å². The van der Waals surface area contributed by atoms with Crippen LogP contribution < -0.4 is 16.4 Å². The van der Waals surface area contributed by atoms with Crippen molar-refractivity contribution in [2.24, 2.45) is 10.9 Å². The van der Waals surface area contributed by atoms with Gasteiger partial charge in [0.05, 0.1) is 6.04 Å². The van der Waals surface area contributed by atoms with Crippen molar-refractivity contribution in [1.29, 1.82) is 0 Å². The molecule has 0 saturated heterocycles. The number of carbonyl (C=O) groups is 1. The molecular weight excluding hydrogens is 184 g/mol. The Bertz CT molecular complexity index is 217. The van der Waals surface area contributed by atoms with Crippen LogP contribution >= 0.6 is 0 Å². The summed E-state index contributed by atoms with van der Waals surface area (Å²) in [7, 11) is 1.58. The molecule has 0 heterocycles. The molecule has 0 aromatic rings. The number of hydrogen-bond acceptors (Lipinski definition) is 4. The van der Waals surface area contributed by atoms with E-state index in [4.69, 9.17) is 10.9 Å². The second-order valence-corrected chi connectivity index (χ2v) is 3.20. The molecule has 0 aliphatic carbocycles. The van der Waals surface area contributed by atoms with Gasteiger partial charge in [-0.1, -0.05) is 5.16 Å². The number of likely N-dealkylation sites (N-methyl/N-ethyl adjacent to an activating group) is 1. The van der Waals surface area contributed by atoms with Crippen molar-refractivity contribution in [2.45, 2.75) is 32.4 Å². The monoisotopic (exact) mass is 202 g/mol. The van der Waals surface area contributed by atoms with E-state index in [1.54, 1.807) is 14.0 Å². The molecule has 0 aliphatic rings. The van der Waals surface area contributed by atoms with Gasteiger partial charge >= 0.3 is 0 Å². The van der Waals surface area contributed by atoms with Gasteiger partial charge in [0, 0.05) is 19.5 Å². The maximum absolute atomic E-state index is 11.1. The van der Waals surface area contributed by atoms with Crippen molar-refractivity contribution in [3.63, 3.8) is 0 Å². The molecule has 0 spiro atoms. The number of nitrogens with two attached hydrogens (primary N) is 1. The molecule has 0 aromatic heterocycles. The SMILES string of the molecule is CNC(=O)C(C)NC(C)CC(N)=NO. The lowest BCUT2D eigenvalue weighted by Gasteiger charge is -2.17. The predicted molar refractivity (Wildman–Crippen MR) is 54.2 cm³/mol. The summed E-state index contributed by atoms with van der Waals surface area (Å²) < 4.78 is 0. The number of amidine groups is 1. The largest absolute Gasteiger partial charge is 0.409 e. The zero-order valence-corrected chi connectivity index (χ0v) is 8.74. The lowest BCUT2D eigenvalue weighted by atomic mass is 10.2. The number of nitrogens with zero attached hydrogens (tertiary/aromatic N) is 1. The molecule has 0 rings (SSSR count). The van der Waals surface area contributed by atoms with Crippen LogP contribution in [-0.2, 0) is 4.79 Å². The third-order valence-electron chi connectivity index (χ3n) is 1.82. The van der Waals surface area contributed by atoms with Crippen molar-refractivity contribution in [2.75, 3.05) is 7.05 Å². The van der Waals surface area contributed by atoms with Gasteiger partial charge in [0.1, 0.15) is 5.84 Å². The third-order valence-corrected chi connectivity index (χ3v) is 1.82. The summed E-state index contributed by atoms with van der Waals surface area (Å²) in [6, 6.07) is -0.306. The van der Waals surface area contributed by atoms with Gasteiger partial charge < -0.3 is 21.6 Å². The van der Waals surface area contributed by atoms with E-state index >= 15 is 0 Å². The first-order valence-corrected chi connectivity index (χ1v) is 4.45. The number of hydrogen-bond donors (Lipinski definition) is 4. The summed E-state index contributed by atoms with van der Waals surface area (Å²) >= 11 is 0. The summed E-state index contributed by atoms with van der Waals surface area (Å²) in [6.45, 7) is 3.61. The molecule has 0 saturated carbocycles. The quantitative estimate of drug-likeness (QED) is 0.204. The van der Waals surface area contributed by atoms with E-state index in [1.165, 1.54) is 0 Å². The van der Waals surface area contributed by atoms with Gasteiger partial charge in [0.2, 0.25) is 5.91 Å². The Morgan fingerprint density at radius 3 is 2.57 bits per heavy atom. The van der Waals surface area contributed by atoms with E-state index in [-0.39, 0.29) is 23.8 Å². The smallest absolute Gasteiger partial charge is 0.236 e. The Balaban J connectivity index is 3.93. The van der Waals surface area contributed by atoms with Crippen molar-refractivity contribution in [3.8, 4) is 0 Å². The molecule has 5 N–H and O–H groups in total. The Labute approximate surface area is 83.5 Å². The van der Waals surface area contributed by atoms with Crippen molar-refractivity contribution in [1.82, 2.24) is 10.6 Å². The summed E-state index contributed by atoms with van der Waals surface area (Å²) in [5.74, 6) is 0.0606. The zero-order valence-electron chi connectivity index (χ0n) is 8.74. The van der Waals surface area contributed by atoms with Crippen molar-refractivity contribution in [3.05, 3.63) is 0 Å². The van der Waals surface area contributed by atoms with Crippen LogP contribution in [-0.4, -0.2) is 36.1 Å². The highest BCUT2D eigenvalue weighted by molar-refractivity contribution is 5.82. The molecule has 6 nitrogen and oxygen atoms in total. The first-order valence-electron chi connectivity index (χ1n) is 4.45. The fourth-order valence-electron chi connectivity index (χ4n) is 1.13. The van der Waals surface area contributed by atoms with Crippen LogP contribution in [0.5, 0.6) is 0 Å². The second-order valence-electron chi connectivity index (χ2n) is 3.20. The van der Waals surface area contributed by atoms with Crippen LogP contribution in [0.25, 0.3) is 0 Å². The Morgan fingerprint density at radius 1 is 1.57 bits per heavy atom. The average molecular weight is 202 g/mol. The normalized spacial score (nSPS) is 16.1.